The van der Waals surface area contributed by atoms with Crippen molar-refractivity contribution in [2.24, 2.45) is 0 Å². The monoisotopic (exact) mass is 207 g/mol. The summed E-state index contributed by atoms with van der Waals surface area (Å²) in [5, 5.41) is 12.5. The smallest absolute Gasteiger partial charge is 0.0684 e. The maximum absolute atomic E-state index is 9.24. The van der Waals surface area contributed by atoms with E-state index in [1.165, 1.54) is 5.56 Å². The predicted octanol–water partition coefficient (Wildman–Crippen LogP) is 2.78. The number of aliphatic hydroxyl groups is 1. The third kappa shape index (κ3) is 3.56. The summed E-state index contributed by atoms with van der Waals surface area (Å²) in [5.74, 6) is 0. The van der Waals surface area contributed by atoms with Gasteiger partial charge in [-0.3, -0.25) is 0 Å². The molecule has 0 radical (unpaired) electrons. The van der Waals surface area contributed by atoms with Crippen molar-refractivity contribution in [2.75, 3.05) is 11.9 Å². The summed E-state index contributed by atoms with van der Waals surface area (Å²) in [4.78, 5) is 0. The average molecular weight is 207 g/mol. The van der Waals surface area contributed by atoms with Crippen LogP contribution in [0.4, 0.5) is 5.69 Å². The molecule has 0 heterocycles. The Morgan fingerprint density at radius 2 is 1.87 bits per heavy atom. The van der Waals surface area contributed by atoms with Gasteiger partial charge in [0.1, 0.15) is 0 Å². The summed E-state index contributed by atoms with van der Waals surface area (Å²) >= 11 is 0. The van der Waals surface area contributed by atoms with Crippen LogP contribution >= 0.6 is 0 Å². The maximum atomic E-state index is 9.24. The largest absolute Gasteiger partial charge is 0.392 e. The van der Waals surface area contributed by atoms with Crippen molar-refractivity contribution in [3.05, 3.63) is 29.8 Å². The van der Waals surface area contributed by atoms with E-state index < -0.39 is 0 Å². The van der Waals surface area contributed by atoms with Gasteiger partial charge in [-0.1, -0.05) is 39.0 Å². The topological polar surface area (TPSA) is 32.3 Å². The second-order valence-corrected chi connectivity index (χ2v) is 5.03. The van der Waals surface area contributed by atoms with Gasteiger partial charge < -0.3 is 10.4 Å². The number of para-hydroxylation sites is 1. The van der Waals surface area contributed by atoms with Crippen LogP contribution in [0.2, 0.25) is 0 Å². The Bertz CT molecular complexity index is 313. The first-order valence-electron chi connectivity index (χ1n) is 5.42. The van der Waals surface area contributed by atoms with E-state index in [2.05, 4.69) is 38.2 Å². The first-order chi connectivity index (χ1) is 6.91. The van der Waals surface area contributed by atoms with E-state index in [-0.39, 0.29) is 11.5 Å². The Balaban J connectivity index is 2.87. The van der Waals surface area contributed by atoms with Crippen LogP contribution in [-0.2, 0) is 5.41 Å². The fourth-order valence-electron chi connectivity index (χ4n) is 1.55. The zero-order valence-corrected chi connectivity index (χ0v) is 10.0. The minimum absolute atomic E-state index is 0.127. The number of hydrogen-bond acceptors (Lipinski definition) is 2. The van der Waals surface area contributed by atoms with Gasteiger partial charge in [-0.2, -0.15) is 0 Å². The van der Waals surface area contributed by atoms with Crippen LogP contribution in [0.25, 0.3) is 0 Å². The van der Waals surface area contributed by atoms with E-state index in [4.69, 9.17) is 0 Å². The fraction of sp³-hybridized carbons (Fsp3) is 0.538. The Kier molecular flexibility index (Phi) is 3.75. The van der Waals surface area contributed by atoms with E-state index in [1.807, 2.05) is 12.1 Å². The molecule has 0 aromatic heterocycles. The molecule has 15 heavy (non-hydrogen) atoms. The second kappa shape index (κ2) is 4.67. The predicted molar refractivity (Wildman–Crippen MR) is 65.3 cm³/mol. The average Bonchev–Trinajstić information content (AvgIpc) is 2.13. The highest BCUT2D eigenvalue weighted by molar-refractivity contribution is 5.54. The molecular formula is C13H21NO. The summed E-state index contributed by atoms with van der Waals surface area (Å²) in [7, 11) is 0. The molecule has 2 nitrogen and oxygen atoms in total. The molecule has 2 heteroatoms. The molecule has 0 saturated carbocycles. The van der Waals surface area contributed by atoms with Gasteiger partial charge in [0.2, 0.25) is 0 Å². The minimum atomic E-state index is -0.321. The number of benzene rings is 1. The summed E-state index contributed by atoms with van der Waals surface area (Å²) in [6.45, 7) is 8.95. The highest BCUT2D eigenvalue weighted by Gasteiger charge is 2.17. The quantitative estimate of drug-likeness (QED) is 0.798. The molecule has 1 aromatic carbocycles. The van der Waals surface area contributed by atoms with Crippen molar-refractivity contribution in [3.8, 4) is 0 Å². The number of anilines is 1. The van der Waals surface area contributed by atoms with Crippen LogP contribution in [0.5, 0.6) is 0 Å². The number of hydrogen-bond donors (Lipinski definition) is 2. The molecule has 0 amide bonds. The van der Waals surface area contributed by atoms with Gasteiger partial charge in [0.25, 0.3) is 0 Å². The van der Waals surface area contributed by atoms with E-state index >= 15 is 0 Å². The van der Waals surface area contributed by atoms with Gasteiger partial charge in [-0.05, 0) is 24.0 Å². The number of nitrogens with one attached hydrogen (secondary N) is 1. The van der Waals surface area contributed by atoms with Crippen molar-refractivity contribution >= 4 is 5.69 Å². The standard InChI is InChI=1S/C13H21NO/c1-10(15)9-14-12-8-6-5-7-11(12)13(2,3)4/h5-8,10,14-15H,9H2,1-4H3. The van der Waals surface area contributed by atoms with Gasteiger partial charge in [0, 0.05) is 12.2 Å². The van der Waals surface area contributed by atoms with Crippen LogP contribution in [0.3, 0.4) is 0 Å². The maximum Gasteiger partial charge on any atom is 0.0684 e. The van der Waals surface area contributed by atoms with Crippen molar-refractivity contribution in [2.45, 2.75) is 39.2 Å². The Morgan fingerprint density at radius 3 is 2.40 bits per heavy atom. The molecule has 0 aliphatic rings. The van der Waals surface area contributed by atoms with Crippen molar-refractivity contribution in [1.29, 1.82) is 0 Å². The first-order valence-corrected chi connectivity index (χ1v) is 5.42. The highest BCUT2D eigenvalue weighted by atomic mass is 16.3. The lowest BCUT2D eigenvalue weighted by Crippen LogP contribution is -2.19. The van der Waals surface area contributed by atoms with E-state index in [1.54, 1.807) is 6.92 Å². The molecule has 0 fully saturated rings. The highest BCUT2D eigenvalue weighted by Crippen LogP contribution is 2.28. The molecule has 1 unspecified atom stereocenters. The van der Waals surface area contributed by atoms with Crippen LogP contribution in [0.1, 0.15) is 33.3 Å². The Hall–Kier alpha value is -1.02. The fourth-order valence-corrected chi connectivity index (χ4v) is 1.55. The summed E-state index contributed by atoms with van der Waals surface area (Å²) in [6.07, 6.45) is -0.321. The summed E-state index contributed by atoms with van der Waals surface area (Å²) < 4.78 is 0. The zero-order valence-electron chi connectivity index (χ0n) is 10.0. The van der Waals surface area contributed by atoms with Gasteiger partial charge in [-0.25, -0.2) is 0 Å². The number of rotatable bonds is 3. The molecule has 2 N–H and O–H groups in total. The van der Waals surface area contributed by atoms with Crippen LogP contribution in [0.15, 0.2) is 24.3 Å². The van der Waals surface area contributed by atoms with E-state index in [0.29, 0.717) is 6.54 Å². The molecular weight excluding hydrogens is 186 g/mol. The molecule has 0 bridgehead atoms. The van der Waals surface area contributed by atoms with Gasteiger partial charge in [0.15, 0.2) is 0 Å². The van der Waals surface area contributed by atoms with Crippen LogP contribution in [0, 0.1) is 0 Å². The molecule has 0 aliphatic heterocycles. The summed E-state index contributed by atoms with van der Waals surface area (Å²) in [5.41, 5.74) is 2.53. The van der Waals surface area contributed by atoms with Crippen molar-refractivity contribution < 1.29 is 5.11 Å². The molecule has 1 rings (SSSR count). The van der Waals surface area contributed by atoms with Gasteiger partial charge in [0.05, 0.1) is 6.10 Å². The minimum Gasteiger partial charge on any atom is -0.392 e. The van der Waals surface area contributed by atoms with E-state index in [0.717, 1.165) is 5.69 Å². The van der Waals surface area contributed by atoms with Crippen LogP contribution in [-0.4, -0.2) is 17.8 Å². The Morgan fingerprint density at radius 1 is 1.27 bits per heavy atom. The normalized spacial score (nSPS) is 13.7. The summed E-state index contributed by atoms with van der Waals surface area (Å²) in [6, 6.07) is 8.25. The van der Waals surface area contributed by atoms with Gasteiger partial charge >= 0.3 is 0 Å². The third-order valence-corrected chi connectivity index (χ3v) is 2.32. The molecule has 84 valence electrons. The molecule has 0 saturated heterocycles. The molecule has 0 aliphatic carbocycles. The Labute approximate surface area is 92.3 Å². The van der Waals surface area contributed by atoms with Crippen molar-refractivity contribution in [3.63, 3.8) is 0 Å². The SMILES string of the molecule is CC(O)CNc1ccccc1C(C)(C)C. The molecule has 1 atom stereocenters. The second-order valence-electron chi connectivity index (χ2n) is 5.03. The third-order valence-electron chi connectivity index (χ3n) is 2.32. The number of aliphatic hydroxyl groups excluding tert-OH is 1. The lowest BCUT2D eigenvalue weighted by molar-refractivity contribution is 0.208. The zero-order chi connectivity index (χ0) is 11.5. The lowest BCUT2D eigenvalue weighted by Gasteiger charge is -2.23. The van der Waals surface area contributed by atoms with Crippen molar-refractivity contribution in [1.82, 2.24) is 0 Å². The first kappa shape index (κ1) is 12.1. The molecule has 0 spiro atoms. The van der Waals surface area contributed by atoms with Gasteiger partial charge in [-0.15, -0.1) is 0 Å². The van der Waals surface area contributed by atoms with E-state index in [9.17, 15) is 5.11 Å². The molecule has 1 aromatic rings. The lowest BCUT2D eigenvalue weighted by atomic mass is 9.86. The van der Waals surface area contributed by atoms with Crippen LogP contribution < -0.4 is 5.32 Å².